The first-order valence-corrected chi connectivity index (χ1v) is 7.30. The number of carboxylic acids is 1. The first-order chi connectivity index (χ1) is 9.93. The lowest BCUT2D eigenvalue weighted by molar-refractivity contribution is -0.149. The molecule has 0 radical (unpaired) electrons. The molecule has 1 aromatic rings. The molecule has 1 unspecified atom stereocenters. The highest BCUT2D eigenvalue weighted by molar-refractivity contribution is 5.89. The zero-order valence-corrected chi connectivity index (χ0v) is 12.3. The Balaban J connectivity index is 2.26. The van der Waals surface area contributed by atoms with E-state index in [-0.39, 0.29) is 18.5 Å². The first-order valence-electron chi connectivity index (χ1n) is 7.30. The number of aliphatic carboxylic acids is 1. The van der Waals surface area contributed by atoms with E-state index in [1.165, 1.54) is 4.90 Å². The second kappa shape index (κ2) is 6.26. The third-order valence-electron chi connectivity index (χ3n) is 4.15. The number of nitrogens with zero attached hydrogens (tertiary/aromatic N) is 1. The van der Waals surface area contributed by atoms with Gasteiger partial charge in [-0.3, -0.25) is 9.59 Å². The topological polar surface area (TPSA) is 83.6 Å². The van der Waals surface area contributed by atoms with Crippen LogP contribution >= 0.6 is 0 Å². The average Bonchev–Trinajstić information content (AvgIpc) is 2.98. The maximum absolute atomic E-state index is 12.8. The lowest BCUT2D eigenvalue weighted by atomic mass is 9.91. The van der Waals surface area contributed by atoms with E-state index in [4.69, 9.17) is 10.8 Å². The molecule has 114 valence electrons. The summed E-state index contributed by atoms with van der Waals surface area (Å²) in [7, 11) is 0. The molecule has 0 spiro atoms. The van der Waals surface area contributed by atoms with Crippen LogP contribution in [0.1, 0.15) is 38.2 Å². The van der Waals surface area contributed by atoms with Gasteiger partial charge in [0.2, 0.25) is 5.91 Å². The standard InChI is InChI=1S/C16H22N2O3/c1-16(17,12-7-3-2-4-8-12)15(21)18(11-14(19)20)13-9-5-6-10-13/h2-4,7-8,13H,5-6,9-11,17H2,1H3,(H,19,20). The van der Waals surface area contributed by atoms with Crippen molar-refractivity contribution < 1.29 is 14.7 Å². The summed E-state index contributed by atoms with van der Waals surface area (Å²) >= 11 is 0. The van der Waals surface area contributed by atoms with Gasteiger partial charge in [0.25, 0.3) is 0 Å². The monoisotopic (exact) mass is 290 g/mol. The van der Waals surface area contributed by atoms with E-state index in [0.717, 1.165) is 25.7 Å². The van der Waals surface area contributed by atoms with Crippen molar-refractivity contribution >= 4 is 11.9 Å². The summed E-state index contributed by atoms with van der Waals surface area (Å²) in [5.41, 5.74) is 5.73. The van der Waals surface area contributed by atoms with Crippen molar-refractivity contribution in [1.82, 2.24) is 4.90 Å². The van der Waals surface area contributed by atoms with Crippen molar-refractivity contribution in [3.63, 3.8) is 0 Å². The molecule has 21 heavy (non-hydrogen) atoms. The summed E-state index contributed by atoms with van der Waals surface area (Å²) in [6.07, 6.45) is 3.76. The lowest BCUT2D eigenvalue weighted by Crippen LogP contribution is -2.55. The normalized spacial score (nSPS) is 18.2. The zero-order chi connectivity index (χ0) is 15.5. The number of benzene rings is 1. The predicted molar refractivity (Wildman–Crippen MR) is 79.6 cm³/mol. The molecule has 1 fully saturated rings. The van der Waals surface area contributed by atoms with Crippen LogP contribution in [0.15, 0.2) is 30.3 Å². The molecule has 3 N–H and O–H groups in total. The molecule has 0 saturated heterocycles. The maximum Gasteiger partial charge on any atom is 0.323 e. The van der Waals surface area contributed by atoms with Crippen molar-refractivity contribution in [1.29, 1.82) is 0 Å². The largest absolute Gasteiger partial charge is 0.480 e. The molecule has 1 atom stereocenters. The molecule has 1 amide bonds. The molecule has 0 bridgehead atoms. The highest BCUT2D eigenvalue weighted by Crippen LogP contribution is 2.28. The minimum atomic E-state index is -1.21. The molecule has 0 heterocycles. The van der Waals surface area contributed by atoms with E-state index < -0.39 is 11.5 Å². The first kappa shape index (κ1) is 15.5. The molecule has 1 saturated carbocycles. The predicted octanol–water partition coefficient (Wildman–Crippen LogP) is 1.72. The molecule has 5 heteroatoms. The van der Waals surface area contributed by atoms with E-state index in [0.29, 0.717) is 5.56 Å². The van der Waals surface area contributed by atoms with E-state index in [1.54, 1.807) is 19.1 Å². The van der Waals surface area contributed by atoms with Gasteiger partial charge >= 0.3 is 5.97 Å². The van der Waals surface area contributed by atoms with Crippen molar-refractivity contribution in [2.75, 3.05) is 6.54 Å². The Morgan fingerprint density at radius 1 is 1.29 bits per heavy atom. The maximum atomic E-state index is 12.8. The van der Waals surface area contributed by atoms with Crippen LogP contribution in [0.3, 0.4) is 0 Å². The smallest absolute Gasteiger partial charge is 0.323 e. The van der Waals surface area contributed by atoms with Crippen LogP contribution in [0.25, 0.3) is 0 Å². The number of rotatable bonds is 5. The number of hydrogen-bond acceptors (Lipinski definition) is 3. The summed E-state index contributed by atoms with van der Waals surface area (Å²) in [4.78, 5) is 25.4. The number of carbonyl (C=O) groups excluding carboxylic acids is 1. The van der Waals surface area contributed by atoms with Crippen LogP contribution in [0.5, 0.6) is 0 Å². The Kier molecular flexibility index (Phi) is 4.63. The molecule has 1 aliphatic rings. The van der Waals surface area contributed by atoms with Crippen molar-refractivity contribution in [3.8, 4) is 0 Å². The number of amides is 1. The Morgan fingerprint density at radius 3 is 2.38 bits per heavy atom. The molecular formula is C16H22N2O3. The minimum Gasteiger partial charge on any atom is -0.480 e. The number of hydrogen-bond donors (Lipinski definition) is 2. The molecule has 5 nitrogen and oxygen atoms in total. The van der Waals surface area contributed by atoms with Gasteiger partial charge in [0, 0.05) is 6.04 Å². The third kappa shape index (κ3) is 3.42. The van der Waals surface area contributed by atoms with Gasteiger partial charge in [-0.15, -0.1) is 0 Å². The van der Waals surface area contributed by atoms with Gasteiger partial charge in [-0.1, -0.05) is 43.2 Å². The highest BCUT2D eigenvalue weighted by atomic mass is 16.4. The molecule has 0 aliphatic heterocycles. The van der Waals surface area contributed by atoms with Gasteiger partial charge < -0.3 is 15.7 Å². The molecule has 1 aromatic carbocycles. The zero-order valence-electron chi connectivity index (χ0n) is 12.3. The van der Waals surface area contributed by atoms with Crippen molar-refractivity contribution in [3.05, 3.63) is 35.9 Å². The van der Waals surface area contributed by atoms with Gasteiger partial charge in [0.15, 0.2) is 0 Å². The number of carboxylic acid groups (broad SMARTS) is 1. The average molecular weight is 290 g/mol. The van der Waals surface area contributed by atoms with E-state index in [9.17, 15) is 9.59 Å². The van der Waals surface area contributed by atoms with Crippen LogP contribution < -0.4 is 5.73 Å². The van der Waals surface area contributed by atoms with Crippen molar-refractivity contribution in [2.45, 2.75) is 44.2 Å². The van der Waals surface area contributed by atoms with E-state index in [2.05, 4.69) is 0 Å². The Bertz CT molecular complexity index is 508. The van der Waals surface area contributed by atoms with Crippen LogP contribution in [-0.2, 0) is 15.1 Å². The van der Waals surface area contributed by atoms with Gasteiger partial charge in [0.05, 0.1) is 0 Å². The lowest BCUT2D eigenvalue weighted by Gasteiger charge is -2.35. The SMILES string of the molecule is CC(N)(C(=O)N(CC(=O)O)C1CCCC1)c1ccccc1. The van der Waals surface area contributed by atoms with Crippen LogP contribution in [0, 0.1) is 0 Å². The van der Waals surface area contributed by atoms with Gasteiger partial charge in [0.1, 0.15) is 12.1 Å². The van der Waals surface area contributed by atoms with Crippen molar-refractivity contribution in [2.24, 2.45) is 5.73 Å². The summed E-state index contributed by atoms with van der Waals surface area (Å²) in [5, 5.41) is 9.09. The second-order valence-electron chi connectivity index (χ2n) is 5.83. The summed E-state index contributed by atoms with van der Waals surface area (Å²) in [6, 6.07) is 9.09. The van der Waals surface area contributed by atoms with Gasteiger partial charge in [-0.05, 0) is 25.3 Å². The molecule has 1 aliphatic carbocycles. The summed E-state index contributed by atoms with van der Waals surface area (Å²) in [5.74, 6) is -1.32. The molecule has 2 rings (SSSR count). The Hall–Kier alpha value is -1.88. The fourth-order valence-corrected chi connectivity index (χ4v) is 2.93. The Morgan fingerprint density at radius 2 is 1.86 bits per heavy atom. The van der Waals surface area contributed by atoms with E-state index in [1.807, 2.05) is 18.2 Å². The fraction of sp³-hybridized carbons (Fsp3) is 0.500. The molecular weight excluding hydrogens is 268 g/mol. The van der Waals surface area contributed by atoms with E-state index >= 15 is 0 Å². The minimum absolute atomic E-state index is 0.0137. The molecule has 0 aromatic heterocycles. The van der Waals surface area contributed by atoms with Crippen LogP contribution in [0.4, 0.5) is 0 Å². The fourth-order valence-electron chi connectivity index (χ4n) is 2.93. The number of carbonyl (C=O) groups is 2. The quantitative estimate of drug-likeness (QED) is 0.864. The van der Waals surface area contributed by atoms with Crippen LogP contribution in [0.2, 0.25) is 0 Å². The second-order valence-corrected chi connectivity index (χ2v) is 5.83. The summed E-state index contributed by atoms with van der Waals surface area (Å²) < 4.78 is 0. The highest BCUT2D eigenvalue weighted by Gasteiger charge is 2.38. The number of nitrogens with two attached hydrogens (primary N) is 1. The summed E-state index contributed by atoms with van der Waals surface area (Å²) in [6.45, 7) is 1.36. The Labute approximate surface area is 124 Å². The van der Waals surface area contributed by atoms with Gasteiger partial charge in [-0.2, -0.15) is 0 Å². The van der Waals surface area contributed by atoms with Gasteiger partial charge in [-0.25, -0.2) is 0 Å². The van der Waals surface area contributed by atoms with Crippen LogP contribution in [-0.4, -0.2) is 34.5 Å². The third-order valence-corrected chi connectivity index (χ3v) is 4.15.